The number of alkyl carbamates (subject to hydrolysis) is 1. The molecule has 29 heavy (non-hydrogen) atoms. The second-order valence-electron chi connectivity index (χ2n) is 7.51. The lowest BCUT2D eigenvalue weighted by molar-refractivity contribution is -0.138. The van der Waals surface area contributed by atoms with E-state index in [4.69, 9.17) is 14.2 Å². The molecular weight excluding hydrogens is 374 g/mol. The molecule has 0 aromatic rings. The maximum atomic E-state index is 12.1. The molecule has 0 atom stereocenters. The van der Waals surface area contributed by atoms with Crippen LogP contribution in [0.3, 0.4) is 0 Å². The summed E-state index contributed by atoms with van der Waals surface area (Å²) >= 11 is 0. The van der Waals surface area contributed by atoms with E-state index >= 15 is 0 Å². The zero-order valence-corrected chi connectivity index (χ0v) is 18.5. The minimum absolute atomic E-state index is 0.0446. The van der Waals surface area contributed by atoms with Crippen LogP contribution in [0, 0.1) is 0 Å². The Kier molecular flexibility index (Phi) is 14.4. The van der Waals surface area contributed by atoms with E-state index in [0.717, 1.165) is 25.7 Å². The van der Waals surface area contributed by atoms with Crippen LogP contribution in [0.5, 0.6) is 0 Å². The Balaban J connectivity index is 4.47. The molecule has 0 bridgehead atoms. The van der Waals surface area contributed by atoms with Gasteiger partial charge in [0.15, 0.2) is 0 Å². The van der Waals surface area contributed by atoms with E-state index in [9.17, 15) is 14.4 Å². The molecule has 0 aliphatic heterocycles. The SMILES string of the molecule is CCOC(=O)/C=C/CCCC(CCC/C=C/C(=O)OCC)NC(=O)OC(C)(C)C. The number of carbonyl (C=O) groups excluding carboxylic acids is 3. The Hall–Kier alpha value is -2.31. The Bertz CT molecular complexity index is 514. The summed E-state index contributed by atoms with van der Waals surface area (Å²) in [4.78, 5) is 34.7. The van der Waals surface area contributed by atoms with Crippen LogP contribution in [0.1, 0.15) is 73.1 Å². The molecule has 0 aliphatic rings. The lowest BCUT2D eigenvalue weighted by Gasteiger charge is -2.23. The minimum Gasteiger partial charge on any atom is -0.463 e. The monoisotopic (exact) mass is 411 g/mol. The van der Waals surface area contributed by atoms with Gasteiger partial charge in [0.25, 0.3) is 0 Å². The lowest BCUT2D eigenvalue weighted by atomic mass is 10.0. The summed E-state index contributed by atoms with van der Waals surface area (Å²) in [6.07, 6.45) is 10.6. The molecule has 0 aliphatic carbocycles. The van der Waals surface area contributed by atoms with Crippen LogP contribution in [0.15, 0.2) is 24.3 Å². The van der Waals surface area contributed by atoms with Crippen molar-refractivity contribution in [2.45, 2.75) is 84.8 Å². The van der Waals surface area contributed by atoms with Crippen molar-refractivity contribution < 1.29 is 28.6 Å². The van der Waals surface area contributed by atoms with Gasteiger partial charge in [-0.3, -0.25) is 0 Å². The zero-order chi connectivity index (χ0) is 22.1. The van der Waals surface area contributed by atoms with Gasteiger partial charge in [-0.05, 0) is 73.1 Å². The second kappa shape index (κ2) is 15.6. The molecule has 0 spiro atoms. The first-order chi connectivity index (χ1) is 13.7. The lowest BCUT2D eigenvalue weighted by Crippen LogP contribution is -2.39. The first kappa shape index (κ1) is 26.7. The van der Waals surface area contributed by atoms with Crippen molar-refractivity contribution in [3.63, 3.8) is 0 Å². The summed E-state index contributed by atoms with van der Waals surface area (Å²) in [5, 5.41) is 2.92. The predicted octanol–water partition coefficient (Wildman–Crippen LogP) is 4.46. The molecule has 1 N–H and O–H groups in total. The van der Waals surface area contributed by atoms with Gasteiger partial charge in [-0.15, -0.1) is 0 Å². The first-order valence-electron chi connectivity index (χ1n) is 10.3. The van der Waals surface area contributed by atoms with E-state index in [1.807, 2.05) is 20.8 Å². The average molecular weight is 412 g/mol. The van der Waals surface area contributed by atoms with Crippen molar-refractivity contribution >= 4 is 18.0 Å². The third-order valence-corrected chi connectivity index (χ3v) is 3.65. The molecule has 0 radical (unpaired) electrons. The highest BCUT2D eigenvalue weighted by atomic mass is 16.6. The largest absolute Gasteiger partial charge is 0.463 e. The fourth-order valence-corrected chi connectivity index (χ4v) is 2.47. The number of unbranched alkanes of at least 4 members (excludes halogenated alkanes) is 2. The van der Waals surface area contributed by atoms with Crippen LogP contribution in [0.2, 0.25) is 0 Å². The van der Waals surface area contributed by atoms with Gasteiger partial charge in [0.05, 0.1) is 13.2 Å². The third kappa shape index (κ3) is 17.5. The Morgan fingerprint density at radius 1 is 0.862 bits per heavy atom. The number of carbonyl (C=O) groups is 3. The van der Waals surface area contributed by atoms with Crippen molar-refractivity contribution in [2.75, 3.05) is 13.2 Å². The molecule has 0 unspecified atom stereocenters. The van der Waals surface area contributed by atoms with Crippen LogP contribution in [-0.2, 0) is 23.8 Å². The second-order valence-corrected chi connectivity index (χ2v) is 7.51. The van der Waals surface area contributed by atoms with Gasteiger partial charge in [0.1, 0.15) is 5.60 Å². The number of rotatable bonds is 13. The number of allylic oxidation sites excluding steroid dienone is 2. The molecule has 0 fully saturated rings. The molecule has 1 amide bonds. The van der Waals surface area contributed by atoms with Gasteiger partial charge >= 0.3 is 18.0 Å². The maximum absolute atomic E-state index is 12.1. The first-order valence-corrected chi connectivity index (χ1v) is 10.3. The van der Waals surface area contributed by atoms with Crippen LogP contribution in [-0.4, -0.2) is 42.9 Å². The molecule has 0 heterocycles. The zero-order valence-electron chi connectivity index (χ0n) is 18.5. The topological polar surface area (TPSA) is 90.9 Å². The quantitative estimate of drug-likeness (QED) is 0.208. The molecule has 7 heteroatoms. The summed E-state index contributed by atoms with van der Waals surface area (Å²) < 4.78 is 15.0. The van der Waals surface area contributed by atoms with E-state index < -0.39 is 11.7 Å². The molecule has 166 valence electrons. The molecule has 7 nitrogen and oxygen atoms in total. The third-order valence-electron chi connectivity index (χ3n) is 3.65. The highest BCUT2D eigenvalue weighted by Crippen LogP contribution is 2.12. The van der Waals surface area contributed by atoms with Crippen molar-refractivity contribution in [2.24, 2.45) is 0 Å². The highest BCUT2D eigenvalue weighted by Gasteiger charge is 2.19. The van der Waals surface area contributed by atoms with Crippen LogP contribution in [0.4, 0.5) is 4.79 Å². The number of amides is 1. The van der Waals surface area contributed by atoms with E-state index in [0.29, 0.717) is 26.1 Å². The smallest absolute Gasteiger partial charge is 0.407 e. The Morgan fingerprint density at radius 2 is 1.31 bits per heavy atom. The van der Waals surface area contributed by atoms with Crippen molar-refractivity contribution in [1.29, 1.82) is 0 Å². The van der Waals surface area contributed by atoms with Gasteiger partial charge in [-0.1, -0.05) is 12.2 Å². The fourth-order valence-electron chi connectivity index (χ4n) is 2.47. The summed E-state index contributed by atoms with van der Waals surface area (Å²) in [6.45, 7) is 9.71. The minimum atomic E-state index is -0.556. The van der Waals surface area contributed by atoms with Crippen molar-refractivity contribution in [3.8, 4) is 0 Å². The molecule has 0 rings (SSSR count). The Labute approximate surface area is 174 Å². The van der Waals surface area contributed by atoms with E-state index in [1.165, 1.54) is 12.2 Å². The number of hydrogen-bond donors (Lipinski definition) is 1. The average Bonchev–Trinajstić information content (AvgIpc) is 2.59. The standard InChI is InChI=1S/C22H37NO6/c1-6-27-19(24)16-12-8-10-14-18(23-21(26)29-22(3,4)5)15-11-9-13-17-20(25)28-7-2/h12-13,16-18H,6-11,14-15H2,1-5H3,(H,23,26)/b16-12+,17-13+. The van der Waals surface area contributed by atoms with E-state index in [2.05, 4.69) is 5.32 Å². The number of ether oxygens (including phenoxy) is 3. The van der Waals surface area contributed by atoms with Crippen LogP contribution in [0.25, 0.3) is 0 Å². The molecule has 0 aromatic carbocycles. The van der Waals surface area contributed by atoms with Gasteiger partial charge in [-0.25, -0.2) is 14.4 Å². The number of esters is 2. The summed E-state index contributed by atoms with van der Waals surface area (Å²) in [5.74, 6) is -0.686. The van der Waals surface area contributed by atoms with Crippen LogP contribution >= 0.6 is 0 Å². The predicted molar refractivity (Wildman–Crippen MR) is 112 cm³/mol. The maximum Gasteiger partial charge on any atom is 0.407 e. The van der Waals surface area contributed by atoms with Crippen molar-refractivity contribution in [1.82, 2.24) is 5.32 Å². The van der Waals surface area contributed by atoms with E-state index in [1.54, 1.807) is 26.0 Å². The molecule has 0 saturated heterocycles. The fraction of sp³-hybridized carbons (Fsp3) is 0.682. The van der Waals surface area contributed by atoms with Gasteiger partial charge in [0, 0.05) is 18.2 Å². The van der Waals surface area contributed by atoms with Gasteiger partial charge < -0.3 is 19.5 Å². The molecule has 0 aromatic heterocycles. The van der Waals surface area contributed by atoms with E-state index in [-0.39, 0.29) is 18.0 Å². The summed E-state index contributed by atoms with van der Waals surface area (Å²) in [6, 6.07) is -0.0446. The molecule has 0 saturated carbocycles. The number of nitrogens with one attached hydrogen (secondary N) is 1. The normalized spacial score (nSPS) is 11.8. The number of hydrogen-bond acceptors (Lipinski definition) is 6. The van der Waals surface area contributed by atoms with Crippen molar-refractivity contribution in [3.05, 3.63) is 24.3 Å². The molecular formula is C22H37NO6. The Morgan fingerprint density at radius 3 is 1.69 bits per heavy atom. The van der Waals surface area contributed by atoms with Gasteiger partial charge in [0.2, 0.25) is 0 Å². The summed E-state index contributed by atoms with van der Waals surface area (Å²) in [7, 11) is 0. The van der Waals surface area contributed by atoms with Gasteiger partial charge in [-0.2, -0.15) is 0 Å². The van der Waals surface area contributed by atoms with Crippen LogP contribution < -0.4 is 5.32 Å². The highest BCUT2D eigenvalue weighted by molar-refractivity contribution is 5.82. The summed E-state index contributed by atoms with van der Waals surface area (Å²) in [5.41, 5.74) is -0.556.